The summed E-state index contributed by atoms with van der Waals surface area (Å²) < 4.78 is 1.59. The van der Waals surface area contributed by atoms with E-state index in [1.165, 1.54) is 15.4 Å². The molecule has 1 aliphatic rings. The lowest BCUT2D eigenvalue weighted by Gasteiger charge is -2.32. The molecular weight excluding hydrogens is 406 g/mol. The Kier molecular flexibility index (Phi) is 6.11. The van der Waals surface area contributed by atoms with Gasteiger partial charge in [0, 0.05) is 6.54 Å². The third-order valence-electron chi connectivity index (χ3n) is 5.69. The second kappa shape index (κ2) is 9.13. The Balaban J connectivity index is 1.45. The molecule has 0 saturated carbocycles. The maximum atomic E-state index is 13.0. The van der Waals surface area contributed by atoms with Crippen molar-refractivity contribution in [3.63, 3.8) is 0 Å². The molecule has 0 N–H and O–H groups in total. The van der Waals surface area contributed by atoms with Crippen molar-refractivity contribution >= 4 is 17.7 Å². The SMILES string of the molecule is CCc1ccc(-n2nnc(C(=O)N3CC(=O)N(CCc4ccccc4)C(=O)C3)c2C)cc1. The summed E-state index contributed by atoms with van der Waals surface area (Å²) in [5.41, 5.74) is 3.74. The lowest BCUT2D eigenvalue weighted by molar-refractivity contribution is -0.150. The molecule has 0 bridgehead atoms. The van der Waals surface area contributed by atoms with Gasteiger partial charge in [-0.3, -0.25) is 19.3 Å². The van der Waals surface area contributed by atoms with Crippen LogP contribution in [0.2, 0.25) is 0 Å². The average molecular weight is 431 g/mol. The van der Waals surface area contributed by atoms with E-state index < -0.39 is 5.91 Å². The third-order valence-corrected chi connectivity index (χ3v) is 5.69. The van der Waals surface area contributed by atoms with Gasteiger partial charge in [0.1, 0.15) is 13.1 Å². The molecule has 0 atom stereocenters. The van der Waals surface area contributed by atoms with Crippen molar-refractivity contribution in [2.24, 2.45) is 0 Å². The summed E-state index contributed by atoms with van der Waals surface area (Å²) in [5, 5.41) is 8.15. The van der Waals surface area contributed by atoms with Crippen LogP contribution in [0.25, 0.3) is 5.69 Å². The van der Waals surface area contributed by atoms with Crippen LogP contribution in [0.4, 0.5) is 0 Å². The first-order chi connectivity index (χ1) is 15.5. The first-order valence-electron chi connectivity index (χ1n) is 10.7. The second-order valence-corrected chi connectivity index (χ2v) is 7.79. The number of carbonyl (C=O) groups is 3. The summed E-state index contributed by atoms with van der Waals surface area (Å²) in [4.78, 5) is 40.7. The Hall–Kier alpha value is -3.81. The molecule has 1 saturated heterocycles. The van der Waals surface area contributed by atoms with Gasteiger partial charge in [0.05, 0.1) is 11.4 Å². The number of amides is 3. The summed E-state index contributed by atoms with van der Waals surface area (Å²) in [5.74, 6) is -1.24. The predicted molar refractivity (Wildman–Crippen MR) is 118 cm³/mol. The highest BCUT2D eigenvalue weighted by molar-refractivity contribution is 6.05. The normalized spacial score (nSPS) is 14.2. The summed E-state index contributed by atoms with van der Waals surface area (Å²) in [6, 6.07) is 17.5. The monoisotopic (exact) mass is 431 g/mol. The molecule has 0 unspecified atom stereocenters. The van der Waals surface area contributed by atoms with E-state index in [1.54, 1.807) is 11.6 Å². The van der Waals surface area contributed by atoms with Crippen LogP contribution in [-0.2, 0) is 22.4 Å². The first kappa shape index (κ1) is 21.4. The molecule has 2 aromatic carbocycles. The fraction of sp³-hybridized carbons (Fsp3) is 0.292. The number of aryl methyl sites for hydroxylation is 1. The molecule has 3 amide bonds. The highest BCUT2D eigenvalue weighted by Gasteiger charge is 2.35. The number of imide groups is 1. The molecule has 2 heterocycles. The quantitative estimate of drug-likeness (QED) is 0.559. The second-order valence-electron chi connectivity index (χ2n) is 7.79. The number of nitrogens with zero attached hydrogens (tertiary/aromatic N) is 5. The van der Waals surface area contributed by atoms with Gasteiger partial charge in [-0.2, -0.15) is 0 Å². The van der Waals surface area contributed by atoms with Crippen molar-refractivity contribution in [1.82, 2.24) is 24.8 Å². The highest BCUT2D eigenvalue weighted by atomic mass is 16.2. The van der Waals surface area contributed by atoms with E-state index in [0.29, 0.717) is 18.7 Å². The smallest absolute Gasteiger partial charge is 0.277 e. The number of hydrogen-bond donors (Lipinski definition) is 0. The highest BCUT2D eigenvalue weighted by Crippen LogP contribution is 2.17. The topological polar surface area (TPSA) is 88.4 Å². The van der Waals surface area contributed by atoms with Gasteiger partial charge in [-0.25, -0.2) is 4.68 Å². The van der Waals surface area contributed by atoms with Crippen LogP contribution < -0.4 is 0 Å². The summed E-state index contributed by atoms with van der Waals surface area (Å²) in [6.45, 7) is 3.82. The molecule has 8 nitrogen and oxygen atoms in total. The molecule has 8 heteroatoms. The third kappa shape index (κ3) is 4.30. The van der Waals surface area contributed by atoms with E-state index in [-0.39, 0.29) is 30.6 Å². The van der Waals surface area contributed by atoms with Crippen LogP contribution >= 0.6 is 0 Å². The number of benzene rings is 2. The fourth-order valence-electron chi connectivity index (χ4n) is 3.77. The minimum absolute atomic E-state index is 0.142. The Morgan fingerprint density at radius 3 is 2.22 bits per heavy atom. The lowest BCUT2D eigenvalue weighted by Crippen LogP contribution is -2.56. The maximum absolute atomic E-state index is 13.0. The van der Waals surface area contributed by atoms with E-state index in [0.717, 1.165) is 17.7 Å². The van der Waals surface area contributed by atoms with Crippen molar-refractivity contribution in [2.45, 2.75) is 26.7 Å². The number of piperazine rings is 1. The average Bonchev–Trinajstić information content (AvgIpc) is 3.19. The fourth-order valence-corrected chi connectivity index (χ4v) is 3.77. The predicted octanol–water partition coefficient (Wildman–Crippen LogP) is 2.19. The Morgan fingerprint density at radius 2 is 1.59 bits per heavy atom. The van der Waals surface area contributed by atoms with Gasteiger partial charge in [-0.1, -0.05) is 54.6 Å². The Morgan fingerprint density at radius 1 is 0.938 bits per heavy atom. The molecule has 4 rings (SSSR count). The molecule has 0 radical (unpaired) electrons. The lowest BCUT2D eigenvalue weighted by atomic mass is 10.1. The molecule has 0 aliphatic carbocycles. The van der Waals surface area contributed by atoms with Crippen molar-refractivity contribution in [2.75, 3.05) is 19.6 Å². The zero-order valence-electron chi connectivity index (χ0n) is 18.2. The molecule has 32 heavy (non-hydrogen) atoms. The van der Waals surface area contributed by atoms with Crippen LogP contribution in [0.1, 0.15) is 34.2 Å². The van der Waals surface area contributed by atoms with Gasteiger partial charge in [0.2, 0.25) is 11.8 Å². The van der Waals surface area contributed by atoms with Crippen molar-refractivity contribution in [1.29, 1.82) is 0 Å². The van der Waals surface area contributed by atoms with E-state index in [2.05, 4.69) is 17.2 Å². The number of rotatable bonds is 6. The van der Waals surface area contributed by atoms with E-state index in [4.69, 9.17) is 0 Å². The van der Waals surface area contributed by atoms with Gasteiger partial charge in [0.25, 0.3) is 5.91 Å². The van der Waals surface area contributed by atoms with Crippen LogP contribution in [0, 0.1) is 6.92 Å². The van der Waals surface area contributed by atoms with Gasteiger partial charge in [-0.05, 0) is 43.0 Å². The van der Waals surface area contributed by atoms with Crippen molar-refractivity contribution in [3.8, 4) is 5.69 Å². The molecule has 1 fully saturated rings. The number of aromatic nitrogens is 3. The van der Waals surface area contributed by atoms with Gasteiger partial charge >= 0.3 is 0 Å². The minimum Gasteiger partial charge on any atom is -0.319 e. The zero-order chi connectivity index (χ0) is 22.7. The standard InChI is InChI=1S/C24H25N5O3/c1-3-18-9-11-20(12-10-18)29-17(2)23(25-26-29)24(32)27-15-21(30)28(22(31)16-27)14-13-19-7-5-4-6-8-19/h4-12H,3,13-16H2,1-2H3. The maximum Gasteiger partial charge on any atom is 0.277 e. The minimum atomic E-state index is -0.469. The Bertz CT molecular complexity index is 1120. The molecule has 0 spiro atoms. The molecule has 164 valence electrons. The van der Waals surface area contributed by atoms with Gasteiger partial charge in [-0.15, -0.1) is 5.10 Å². The van der Waals surface area contributed by atoms with Crippen LogP contribution in [0.5, 0.6) is 0 Å². The molecule has 3 aromatic rings. The zero-order valence-corrected chi connectivity index (χ0v) is 18.2. The molecule has 1 aliphatic heterocycles. The summed E-state index contributed by atoms with van der Waals surface area (Å²) in [6.07, 6.45) is 1.51. The largest absolute Gasteiger partial charge is 0.319 e. The molecular formula is C24H25N5O3. The van der Waals surface area contributed by atoms with Crippen LogP contribution in [-0.4, -0.2) is 62.1 Å². The van der Waals surface area contributed by atoms with E-state index in [1.807, 2.05) is 54.6 Å². The van der Waals surface area contributed by atoms with E-state index >= 15 is 0 Å². The van der Waals surface area contributed by atoms with Crippen molar-refractivity contribution < 1.29 is 14.4 Å². The summed E-state index contributed by atoms with van der Waals surface area (Å²) in [7, 11) is 0. The number of hydrogen-bond acceptors (Lipinski definition) is 5. The summed E-state index contributed by atoms with van der Waals surface area (Å²) >= 11 is 0. The van der Waals surface area contributed by atoms with Crippen molar-refractivity contribution in [3.05, 3.63) is 77.1 Å². The molecule has 1 aromatic heterocycles. The number of carbonyl (C=O) groups excluding carboxylic acids is 3. The first-order valence-corrected chi connectivity index (χ1v) is 10.7. The van der Waals surface area contributed by atoms with Crippen LogP contribution in [0.15, 0.2) is 54.6 Å². The van der Waals surface area contributed by atoms with Crippen LogP contribution in [0.3, 0.4) is 0 Å². The van der Waals surface area contributed by atoms with Gasteiger partial charge < -0.3 is 4.90 Å². The Labute approximate surface area is 186 Å². The van der Waals surface area contributed by atoms with E-state index in [9.17, 15) is 14.4 Å². The van der Waals surface area contributed by atoms with Gasteiger partial charge in [0.15, 0.2) is 5.69 Å².